The minimum absolute atomic E-state index is 0.184. The minimum atomic E-state index is -0.818. The van der Waals surface area contributed by atoms with Crippen LogP contribution in [0.3, 0.4) is 0 Å². The Kier molecular flexibility index (Phi) is 3.90. The van der Waals surface area contributed by atoms with Gasteiger partial charge in [-0.1, -0.05) is 32.0 Å². The molecule has 1 aromatic carbocycles. The number of rotatable bonds is 5. The van der Waals surface area contributed by atoms with Gasteiger partial charge in [-0.2, -0.15) is 0 Å². The first-order valence-electron chi connectivity index (χ1n) is 6.66. The molecule has 0 saturated heterocycles. The van der Waals surface area contributed by atoms with Gasteiger partial charge in [-0.3, -0.25) is 4.79 Å². The largest absolute Gasteiger partial charge is 0.388 e. The van der Waals surface area contributed by atoms with E-state index in [0.29, 0.717) is 18.5 Å². The average molecular weight is 260 g/mol. The van der Waals surface area contributed by atoms with Crippen molar-refractivity contribution in [1.82, 2.24) is 10.3 Å². The van der Waals surface area contributed by atoms with Gasteiger partial charge in [0.05, 0.1) is 5.60 Å². The van der Waals surface area contributed by atoms with Gasteiger partial charge in [0.25, 0.3) is 5.91 Å². The molecule has 4 heteroatoms. The lowest BCUT2D eigenvalue weighted by molar-refractivity contribution is 0.0313. The fourth-order valence-corrected chi connectivity index (χ4v) is 2.04. The van der Waals surface area contributed by atoms with Crippen LogP contribution in [0.2, 0.25) is 0 Å². The smallest absolute Gasteiger partial charge is 0.267 e. The van der Waals surface area contributed by atoms with E-state index in [0.717, 1.165) is 10.9 Å². The summed E-state index contributed by atoms with van der Waals surface area (Å²) >= 11 is 0. The van der Waals surface area contributed by atoms with Crippen LogP contribution in [0.1, 0.15) is 37.2 Å². The SMILES string of the molecule is CCC(O)(CC)CNC(=O)c1cc2ccccc2[nH]1. The van der Waals surface area contributed by atoms with Crippen molar-refractivity contribution >= 4 is 16.8 Å². The number of aromatic amines is 1. The number of aliphatic hydroxyl groups is 1. The van der Waals surface area contributed by atoms with Crippen LogP contribution in [0.5, 0.6) is 0 Å². The van der Waals surface area contributed by atoms with Crippen molar-refractivity contribution < 1.29 is 9.90 Å². The van der Waals surface area contributed by atoms with Gasteiger partial charge in [0.1, 0.15) is 5.69 Å². The zero-order valence-electron chi connectivity index (χ0n) is 11.4. The molecule has 0 bridgehead atoms. The number of H-pyrrole nitrogens is 1. The molecule has 0 fully saturated rings. The monoisotopic (exact) mass is 260 g/mol. The van der Waals surface area contributed by atoms with Gasteiger partial charge in [-0.25, -0.2) is 0 Å². The zero-order valence-corrected chi connectivity index (χ0v) is 11.4. The van der Waals surface area contributed by atoms with Gasteiger partial charge in [0.2, 0.25) is 0 Å². The Morgan fingerprint density at radius 2 is 2.00 bits per heavy atom. The van der Waals surface area contributed by atoms with E-state index in [2.05, 4.69) is 10.3 Å². The number of carbonyl (C=O) groups excluding carboxylic acids is 1. The van der Waals surface area contributed by atoms with Gasteiger partial charge < -0.3 is 15.4 Å². The Balaban J connectivity index is 2.08. The molecule has 2 aromatic rings. The lowest BCUT2D eigenvalue weighted by atomic mass is 9.97. The van der Waals surface area contributed by atoms with Crippen molar-refractivity contribution in [2.75, 3.05) is 6.54 Å². The molecule has 3 N–H and O–H groups in total. The number of amides is 1. The summed E-state index contributed by atoms with van der Waals surface area (Å²) in [5.41, 5.74) is 0.645. The Bertz CT molecular complexity index is 537. The molecule has 0 aliphatic rings. The maximum atomic E-state index is 12.0. The summed E-state index contributed by atoms with van der Waals surface area (Å²) in [6.45, 7) is 4.10. The number of nitrogens with one attached hydrogen (secondary N) is 2. The quantitative estimate of drug-likeness (QED) is 0.773. The fraction of sp³-hybridized carbons (Fsp3) is 0.400. The van der Waals surface area contributed by atoms with E-state index in [1.165, 1.54) is 0 Å². The number of para-hydroxylation sites is 1. The second kappa shape index (κ2) is 5.45. The Morgan fingerprint density at radius 3 is 2.63 bits per heavy atom. The second-order valence-corrected chi connectivity index (χ2v) is 4.88. The molecule has 4 nitrogen and oxygen atoms in total. The molecule has 0 aliphatic carbocycles. The maximum absolute atomic E-state index is 12.0. The van der Waals surface area contributed by atoms with Crippen LogP contribution in [-0.4, -0.2) is 28.1 Å². The summed E-state index contributed by atoms with van der Waals surface area (Å²) in [7, 11) is 0. The summed E-state index contributed by atoms with van der Waals surface area (Å²) in [5.74, 6) is -0.184. The van der Waals surface area contributed by atoms with E-state index >= 15 is 0 Å². The average Bonchev–Trinajstić information content (AvgIpc) is 2.88. The van der Waals surface area contributed by atoms with Crippen LogP contribution in [-0.2, 0) is 0 Å². The van der Waals surface area contributed by atoms with Crippen LogP contribution in [0.25, 0.3) is 10.9 Å². The molecular formula is C15H20N2O2. The fourth-order valence-electron chi connectivity index (χ4n) is 2.04. The zero-order chi connectivity index (χ0) is 13.9. The number of carbonyl (C=O) groups is 1. The molecule has 2 rings (SSSR count). The molecule has 0 aliphatic heterocycles. The van der Waals surface area contributed by atoms with Crippen LogP contribution >= 0.6 is 0 Å². The van der Waals surface area contributed by atoms with Gasteiger partial charge in [-0.15, -0.1) is 0 Å². The molecule has 19 heavy (non-hydrogen) atoms. The highest BCUT2D eigenvalue weighted by molar-refractivity contribution is 5.97. The number of hydrogen-bond acceptors (Lipinski definition) is 2. The molecule has 0 spiro atoms. The van der Waals surface area contributed by atoms with Crippen molar-refractivity contribution in [2.24, 2.45) is 0 Å². The molecule has 102 valence electrons. The lowest BCUT2D eigenvalue weighted by Gasteiger charge is -2.25. The van der Waals surface area contributed by atoms with E-state index in [-0.39, 0.29) is 12.5 Å². The maximum Gasteiger partial charge on any atom is 0.267 e. The van der Waals surface area contributed by atoms with Gasteiger partial charge in [0, 0.05) is 17.4 Å². The molecule has 1 aromatic heterocycles. The predicted octanol–water partition coefficient (Wildman–Crippen LogP) is 2.45. The van der Waals surface area contributed by atoms with Crippen molar-refractivity contribution in [3.8, 4) is 0 Å². The molecule has 1 amide bonds. The molecular weight excluding hydrogens is 240 g/mol. The third-order valence-electron chi connectivity index (χ3n) is 3.67. The highest BCUT2D eigenvalue weighted by Crippen LogP contribution is 2.16. The summed E-state index contributed by atoms with van der Waals surface area (Å²) in [5, 5.41) is 13.9. The number of hydrogen-bond donors (Lipinski definition) is 3. The highest BCUT2D eigenvalue weighted by Gasteiger charge is 2.23. The van der Waals surface area contributed by atoms with Gasteiger partial charge in [0.15, 0.2) is 0 Å². The van der Waals surface area contributed by atoms with Crippen molar-refractivity contribution in [3.63, 3.8) is 0 Å². The van der Waals surface area contributed by atoms with Crippen molar-refractivity contribution in [3.05, 3.63) is 36.0 Å². The normalized spacial score (nSPS) is 11.7. The Hall–Kier alpha value is -1.81. The first-order valence-corrected chi connectivity index (χ1v) is 6.66. The lowest BCUT2D eigenvalue weighted by Crippen LogP contribution is -2.42. The third-order valence-corrected chi connectivity index (χ3v) is 3.67. The summed E-state index contributed by atoms with van der Waals surface area (Å²) in [6.07, 6.45) is 1.24. The Labute approximate surface area is 112 Å². The number of aromatic nitrogens is 1. The van der Waals surface area contributed by atoms with E-state index in [1.54, 1.807) is 0 Å². The second-order valence-electron chi connectivity index (χ2n) is 4.88. The van der Waals surface area contributed by atoms with Crippen molar-refractivity contribution in [2.45, 2.75) is 32.3 Å². The first-order chi connectivity index (χ1) is 9.08. The minimum Gasteiger partial charge on any atom is -0.388 e. The van der Waals surface area contributed by atoms with Gasteiger partial charge in [-0.05, 0) is 25.0 Å². The molecule has 0 unspecified atom stereocenters. The molecule has 0 atom stereocenters. The van der Waals surface area contributed by atoms with Crippen molar-refractivity contribution in [1.29, 1.82) is 0 Å². The number of benzene rings is 1. The standard InChI is InChI=1S/C15H20N2O2/c1-3-15(19,4-2)10-16-14(18)13-9-11-7-5-6-8-12(11)17-13/h5-9,17,19H,3-4,10H2,1-2H3,(H,16,18). The highest BCUT2D eigenvalue weighted by atomic mass is 16.3. The van der Waals surface area contributed by atoms with Gasteiger partial charge >= 0.3 is 0 Å². The van der Waals surface area contributed by atoms with E-state index in [4.69, 9.17) is 0 Å². The van der Waals surface area contributed by atoms with E-state index in [1.807, 2.05) is 44.2 Å². The van der Waals surface area contributed by atoms with Crippen LogP contribution in [0.15, 0.2) is 30.3 Å². The molecule has 1 heterocycles. The molecule has 0 radical (unpaired) electrons. The first kappa shape index (κ1) is 13.6. The Morgan fingerprint density at radius 1 is 1.32 bits per heavy atom. The summed E-state index contributed by atoms with van der Waals surface area (Å²) < 4.78 is 0. The van der Waals surface area contributed by atoms with Crippen LogP contribution in [0.4, 0.5) is 0 Å². The predicted molar refractivity (Wildman–Crippen MR) is 76.2 cm³/mol. The van der Waals surface area contributed by atoms with Crippen LogP contribution < -0.4 is 5.32 Å². The van der Waals surface area contributed by atoms with Crippen LogP contribution in [0, 0.1) is 0 Å². The van der Waals surface area contributed by atoms with E-state index in [9.17, 15) is 9.90 Å². The van der Waals surface area contributed by atoms with E-state index < -0.39 is 5.60 Å². The molecule has 0 saturated carbocycles. The topological polar surface area (TPSA) is 65.1 Å². The third kappa shape index (κ3) is 2.96. The summed E-state index contributed by atoms with van der Waals surface area (Å²) in [6, 6.07) is 9.57. The summed E-state index contributed by atoms with van der Waals surface area (Å²) in [4.78, 5) is 15.1. The number of fused-ring (bicyclic) bond motifs is 1.